The van der Waals surface area contributed by atoms with Crippen molar-refractivity contribution in [3.05, 3.63) is 52.6 Å². The second kappa shape index (κ2) is 5.80. The standard InChI is InChI=1S/C17H19N2O2.BrH/c1-5-18-11(4)19(10(2)3)15-14(18)16(20)12-8-6-7-9-13(12)17(15)21;/h6-10H,5H2,1-4H3;1H/q+1;/p-1. The van der Waals surface area contributed by atoms with E-state index in [0.717, 1.165) is 5.82 Å². The van der Waals surface area contributed by atoms with Gasteiger partial charge in [0.05, 0.1) is 12.6 Å². The van der Waals surface area contributed by atoms with Crippen molar-refractivity contribution in [2.75, 3.05) is 0 Å². The van der Waals surface area contributed by atoms with Gasteiger partial charge in [-0.2, -0.15) is 0 Å². The molecule has 0 amide bonds. The molecule has 3 rings (SSSR count). The maximum atomic E-state index is 12.9. The predicted octanol–water partition coefficient (Wildman–Crippen LogP) is -0.536. The third-order valence-corrected chi connectivity index (χ3v) is 4.15. The fraction of sp³-hybridized carbons (Fsp3) is 0.353. The molecule has 0 N–H and O–H groups in total. The molecule has 1 aliphatic rings. The van der Waals surface area contributed by atoms with Crippen LogP contribution in [0.5, 0.6) is 0 Å². The number of rotatable bonds is 2. The molecule has 0 spiro atoms. The summed E-state index contributed by atoms with van der Waals surface area (Å²) in [6, 6.07) is 7.21. The number of halogens is 1. The molecule has 2 aromatic rings. The van der Waals surface area contributed by atoms with Gasteiger partial charge in [0.25, 0.3) is 5.82 Å². The summed E-state index contributed by atoms with van der Waals surface area (Å²) in [6.07, 6.45) is 0. The predicted molar refractivity (Wildman–Crippen MR) is 78.7 cm³/mol. The van der Waals surface area contributed by atoms with Crippen molar-refractivity contribution in [1.82, 2.24) is 4.57 Å². The Morgan fingerprint density at radius 3 is 2.14 bits per heavy atom. The summed E-state index contributed by atoms with van der Waals surface area (Å²) in [7, 11) is 0. The highest BCUT2D eigenvalue weighted by atomic mass is 79.9. The molecule has 1 aromatic carbocycles. The normalized spacial score (nSPS) is 13.0. The lowest BCUT2D eigenvalue weighted by atomic mass is 9.89. The number of imidazole rings is 1. The third kappa shape index (κ3) is 2.07. The van der Waals surface area contributed by atoms with Crippen LogP contribution in [0, 0.1) is 6.92 Å². The van der Waals surface area contributed by atoms with Crippen molar-refractivity contribution < 1.29 is 31.1 Å². The van der Waals surface area contributed by atoms with Crippen LogP contribution in [-0.4, -0.2) is 16.1 Å². The van der Waals surface area contributed by atoms with E-state index < -0.39 is 0 Å². The zero-order chi connectivity index (χ0) is 15.3. The van der Waals surface area contributed by atoms with Gasteiger partial charge in [-0.15, -0.1) is 0 Å². The van der Waals surface area contributed by atoms with Crippen molar-refractivity contribution in [2.24, 2.45) is 0 Å². The van der Waals surface area contributed by atoms with Crippen LogP contribution in [0.25, 0.3) is 0 Å². The number of ketones is 2. The molecule has 116 valence electrons. The zero-order valence-electron chi connectivity index (χ0n) is 13.2. The Bertz CT molecular complexity index is 775. The molecule has 0 aliphatic heterocycles. The molecule has 1 aliphatic carbocycles. The Balaban J connectivity index is 0.00000176. The first kappa shape index (κ1) is 16.6. The van der Waals surface area contributed by atoms with Crippen molar-refractivity contribution in [2.45, 2.75) is 40.3 Å². The number of hydrogen-bond donors (Lipinski definition) is 0. The second-order valence-corrected chi connectivity index (χ2v) is 5.66. The number of hydrogen-bond acceptors (Lipinski definition) is 2. The summed E-state index contributed by atoms with van der Waals surface area (Å²) in [6.45, 7) is 8.70. The minimum atomic E-state index is -0.0517. The lowest BCUT2D eigenvalue weighted by molar-refractivity contribution is -0.700. The Morgan fingerprint density at radius 1 is 1.09 bits per heavy atom. The number of fused-ring (bicyclic) bond motifs is 2. The molecule has 0 saturated carbocycles. The molecule has 1 heterocycles. The fourth-order valence-electron chi connectivity index (χ4n) is 3.30. The molecule has 1 aromatic heterocycles. The Morgan fingerprint density at radius 2 is 1.64 bits per heavy atom. The summed E-state index contributed by atoms with van der Waals surface area (Å²) >= 11 is 0. The van der Waals surface area contributed by atoms with Crippen molar-refractivity contribution in [1.29, 1.82) is 0 Å². The van der Waals surface area contributed by atoms with Crippen LogP contribution in [-0.2, 0) is 6.54 Å². The van der Waals surface area contributed by atoms with E-state index in [1.807, 2.05) is 36.8 Å². The molecular formula is C17H19BrN2O2. The molecule has 0 fully saturated rings. The monoisotopic (exact) mass is 362 g/mol. The number of carbonyl (C=O) groups excluding carboxylic acids is 2. The largest absolute Gasteiger partial charge is 1.00 e. The van der Waals surface area contributed by atoms with Gasteiger partial charge in [0, 0.05) is 18.1 Å². The molecule has 0 bridgehead atoms. The van der Waals surface area contributed by atoms with E-state index in [-0.39, 0.29) is 34.6 Å². The van der Waals surface area contributed by atoms with Crippen LogP contribution in [0.15, 0.2) is 24.3 Å². The average Bonchev–Trinajstić information content (AvgIpc) is 2.77. The smallest absolute Gasteiger partial charge is 0.254 e. The van der Waals surface area contributed by atoms with Gasteiger partial charge in [0.1, 0.15) is 0 Å². The molecule has 4 nitrogen and oxygen atoms in total. The van der Waals surface area contributed by atoms with Gasteiger partial charge in [-0.3, -0.25) is 9.59 Å². The second-order valence-electron chi connectivity index (χ2n) is 5.66. The summed E-state index contributed by atoms with van der Waals surface area (Å²) in [5.41, 5.74) is 2.09. The molecule has 22 heavy (non-hydrogen) atoms. The van der Waals surface area contributed by atoms with E-state index in [9.17, 15) is 9.59 Å². The highest BCUT2D eigenvalue weighted by molar-refractivity contribution is 6.26. The van der Waals surface area contributed by atoms with Gasteiger partial charge in [-0.25, -0.2) is 9.13 Å². The molecule has 5 heteroatoms. The summed E-state index contributed by atoms with van der Waals surface area (Å²) in [4.78, 5) is 25.7. The number of aromatic nitrogens is 2. The van der Waals surface area contributed by atoms with Gasteiger partial charge in [0.15, 0.2) is 0 Å². The highest BCUT2D eigenvalue weighted by Crippen LogP contribution is 2.28. The average molecular weight is 363 g/mol. The van der Waals surface area contributed by atoms with Crippen molar-refractivity contribution >= 4 is 11.6 Å². The Kier molecular flexibility index (Phi) is 4.38. The van der Waals surface area contributed by atoms with Gasteiger partial charge in [0.2, 0.25) is 23.0 Å². The van der Waals surface area contributed by atoms with Gasteiger partial charge < -0.3 is 17.0 Å². The van der Waals surface area contributed by atoms with Gasteiger partial charge >= 0.3 is 0 Å². The van der Waals surface area contributed by atoms with E-state index in [1.54, 1.807) is 24.3 Å². The zero-order valence-corrected chi connectivity index (χ0v) is 14.8. The Hall–Kier alpha value is -1.75. The van der Waals surface area contributed by atoms with Crippen LogP contribution in [0.2, 0.25) is 0 Å². The van der Waals surface area contributed by atoms with Crippen molar-refractivity contribution in [3.63, 3.8) is 0 Å². The third-order valence-electron chi connectivity index (χ3n) is 4.15. The summed E-state index contributed by atoms with van der Waals surface area (Å²) in [5.74, 6) is 0.848. The number of nitrogens with zero attached hydrogens (tertiary/aromatic N) is 2. The maximum absolute atomic E-state index is 12.9. The summed E-state index contributed by atoms with van der Waals surface area (Å²) < 4.78 is 3.93. The van der Waals surface area contributed by atoms with Crippen LogP contribution < -0.4 is 21.5 Å². The van der Waals surface area contributed by atoms with Crippen LogP contribution in [0.3, 0.4) is 0 Å². The number of carbonyl (C=O) groups is 2. The minimum Gasteiger partial charge on any atom is -1.00 e. The van der Waals surface area contributed by atoms with E-state index in [1.165, 1.54) is 0 Å². The molecular weight excluding hydrogens is 344 g/mol. The first-order chi connectivity index (χ1) is 9.99. The van der Waals surface area contributed by atoms with Crippen LogP contribution in [0.4, 0.5) is 0 Å². The molecule has 0 unspecified atom stereocenters. The van der Waals surface area contributed by atoms with E-state index >= 15 is 0 Å². The lowest BCUT2D eigenvalue weighted by Crippen LogP contribution is -3.00. The molecule has 0 saturated heterocycles. The number of benzene rings is 1. The topological polar surface area (TPSA) is 43.0 Å². The Labute approximate surface area is 140 Å². The van der Waals surface area contributed by atoms with E-state index in [2.05, 4.69) is 0 Å². The quantitative estimate of drug-likeness (QED) is 0.575. The lowest BCUT2D eigenvalue weighted by Gasteiger charge is -2.13. The maximum Gasteiger partial charge on any atom is 0.254 e. The minimum absolute atomic E-state index is 0. The molecule has 0 radical (unpaired) electrons. The fourth-order valence-corrected chi connectivity index (χ4v) is 3.30. The van der Waals surface area contributed by atoms with Gasteiger partial charge in [-0.1, -0.05) is 24.3 Å². The summed E-state index contributed by atoms with van der Waals surface area (Å²) in [5, 5.41) is 0. The van der Waals surface area contributed by atoms with Gasteiger partial charge in [-0.05, 0) is 20.8 Å². The highest BCUT2D eigenvalue weighted by Gasteiger charge is 2.43. The SMILES string of the molecule is CC[n+]1c2c(n(C(C)C)c1C)C(=O)c1ccccc1C2=O.[Br-]. The first-order valence-corrected chi connectivity index (χ1v) is 7.32. The van der Waals surface area contributed by atoms with Crippen LogP contribution >= 0.6 is 0 Å². The van der Waals surface area contributed by atoms with Crippen molar-refractivity contribution in [3.8, 4) is 0 Å². The first-order valence-electron chi connectivity index (χ1n) is 7.32. The van der Waals surface area contributed by atoms with E-state index in [4.69, 9.17) is 0 Å². The van der Waals surface area contributed by atoms with Crippen LogP contribution in [0.1, 0.15) is 64.7 Å². The molecule has 0 atom stereocenters. The van der Waals surface area contributed by atoms with E-state index in [0.29, 0.717) is 29.1 Å².